The quantitative estimate of drug-likeness (QED) is 0.794. The molecule has 1 aromatic carbocycles. The highest BCUT2D eigenvalue weighted by molar-refractivity contribution is 5.83. The minimum atomic E-state index is -0.240. The van der Waals surface area contributed by atoms with Gasteiger partial charge < -0.3 is 9.80 Å². The summed E-state index contributed by atoms with van der Waals surface area (Å²) >= 11 is 0. The Morgan fingerprint density at radius 2 is 1.71 bits per heavy atom. The fraction of sp³-hybridized carbons (Fsp3) is 0.458. The molecular formula is C24H29N5O2. The molecule has 3 aliphatic rings. The first kappa shape index (κ1) is 20.2. The number of fused-ring (bicyclic) bond motifs is 1. The van der Waals surface area contributed by atoms with Gasteiger partial charge in [-0.2, -0.15) is 0 Å². The Morgan fingerprint density at radius 1 is 0.903 bits per heavy atom. The normalized spacial score (nSPS) is 24.1. The van der Waals surface area contributed by atoms with E-state index in [9.17, 15) is 9.59 Å². The van der Waals surface area contributed by atoms with E-state index in [4.69, 9.17) is 0 Å². The van der Waals surface area contributed by atoms with Crippen LogP contribution in [0.4, 0.5) is 0 Å². The molecule has 0 spiro atoms. The van der Waals surface area contributed by atoms with Crippen LogP contribution >= 0.6 is 0 Å². The van der Waals surface area contributed by atoms with Crippen LogP contribution in [0.5, 0.6) is 0 Å². The van der Waals surface area contributed by atoms with Crippen LogP contribution in [0.25, 0.3) is 0 Å². The van der Waals surface area contributed by atoms with Gasteiger partial charge in [0.2, 0.25) is 11.8 Å². The second-order valence-corrected chi connectivity index (χ2v) is 8.79. The average Bonchev–Trinajstić information content (AvgIpc) is 3.34. The zero-order chi connectivity index (χ0) is 21.2. The number of nitrogens with one attached hydrogen (secondary N) is 2. The number of rotatable bonds is 3. The van der Waals surface area contributed by atoms with Crippen LogP contribution in [0.2, 0.25) is 0 Å². The van der Waals surface area contributed by atoms with Crippen molar-refractivity contribution in [1.82, 2.24) is 25.6 Å². The molecule has 7 heteroatoms. The fourth-order valence-electron chi connectivity index (χ4n) is 5.03. The third-order valence-electron chi connectivity index (χ3n) is 6.89. The molecule has 2 atom stereocenters. The summed E-state index contributed by atoms with van der Waals surface area (Å²) in [4.78, 5) is 34.2. The number of nitrogens with zero attached hydrogens (tertiary/aromatic N) is 3. The number of piperidine rings is 1. The maximum Gasteiger partial charge on any atom is 0.241 e. The maximum absolute atomic E-state index is 13.1. The van der Waals surface area contributed by atoms with Crippen molar-refractivity contribution in [3.05, 3.63) is 65.5 Å². The smallest absolute Gasteiger partial charge is 0.241 e. The van der Waals surface area contributed by atoms with E-state index in [1.165, 1.54) is 11.1 Å². The summed E-state index contributed by atoms with van der Waals surface area (Å²) in [7, 11) is 0. The summed E-state index contributed by atoms with van der Waals surface area (Å²) in [5, 5.41) is 0. The number of amides is 2. The number of benzene rings is 1. The molecule has 3 aliphatic heterocycles. The number of aromatic nitrogens is 1. The minimum Gasteiger partial charge on any atom is -0.341 e. The topological polar surface area (TPSA) is 77.6 Å². The van der Waals surface area contributed by atoms with Crippen molar-refractivity contribution < 1.29 is 9.59 Å². The number of carbonyl (C=O) groups excluding carboxylic acids is 2. The van der Waals surface area contributed by atoms with Crippen LogP contribution in [-0.4, -0.2) is 52.3 Å². The SMILES string of the molecule is O=C(C1CCN(C(=O)C2CC(c3cccnc3)NN2)CC1)N1CCc2ccccc2C1. The lowest BCUT2D eigenvalue weighted by Crippen LogP contribution is -2.50. The third kappa shape index (κ3) is 4.20. The van der Waals surface area contributed by atoms with Crippen molar-refractivity contribution in [3.63, 3.8) is 0 Å². The third-order valence-corrected chi connectivity index (χ3v) is 6.89. The summed E-state index contributed by atoms with van der Waals surface area (Å²) in [6, 6.07) is 12.2. The molecule has 162 valence electrons. The Labute approximate surface area is 182 Å². The molecule has 2 fully saturated rings. The van der Waals surface area contributed by atoms with Gasteiger partial charge >= 0.3 is 0 Å². The first-order valence-electron chi connectivity index (χ1n) is 11.2. The second kappa shape index (κ2) is 8.77. The van der Waals surface area contributed by atoms with Crippen LogP contribution in [-0.2, 0) is 22.6 Å². The van der Waals surface area contributed by atoms with Gasteiger partial charge in [0, 0.05) is 50.5 Å². The lowest BCUT2D eigenvalue weighted by atomic mass is 9.92. The molecule has 0 aliphatic carbocycles. The Kier molecular flexibility index (Phi) is 5.70. The molecule has 2 saturated heterocycles. The minimum absolute atomic E-state index is 0.0205. The molecule has 4 heterocycles. The van der Waals surface area contributed by atoms with E-state index >= 15 is 0 Å². The van der Waals surface area contributed by atoms with Gasteiger partial charge in [-0.3, -0.25) is 14.6 Å². The van der Waals surface area contributed by atoms with Gasteiger partial charge in [0.1, 0.15) is 6.04 Å². The molecule has 7 nitrogen and oxygen atoms in total. The summed E-state index contributed by atoms with van der Waals surface area (Å²) in [5.74, 6) is 0.391. The first-order valence-corrected chi connectivity index (χ1v) is 11.2. The molecule has 5 rings (SSSR count). The highest BCUT2D eigenvalue weighted by atomic mass is 16.2. The summed E-state index contributed by atoms with van der Waals surface area (Å²) in [6.07, 6.45) is 6.71. The molecule has 2 N–H and O–H groups in total. The zero-order valence-electron chi connectivity index (χ0n) is 17.7. The van der Waals surface area contributed by atoms with E-state index < -0.39 is 0 Å². The van der Waals surface area contributed by atoms with Gasteiger partial charge in [0.15, 0.2) is 0 Å². The van der Waals surface area contributed by atoms with Crippen LogP contribution in [0, 0.1) is 5.92 Å². The van der Waals surface area contributed by atoms with Gasteiger partial charge in [-0.25, -0.2) is 10.9 Å². The van der Waals surface area contributed by atoms with Crippen molar-refractivity contribution in [1.29, 1.82) is 0 Å². The number of hydrogen-bond acceptors (Lipinski definition) is 5. The maximum atomic E-state index is 13.1. The van der Waals surface area contributed by atoms with E-state index in [0.717, 1.165) is 31.4 Å². The Hall–Kier alpha value is -2.77. The summed E-state index contributed by atoms with van der Waals surface area (Å²) in [5.41, 5.74) is 10.1. The van der Waals surface area contributed by atoms with E-state index in [2.05, 4.69) is 34.0 Å². The summed E-state index contributed by atoms with van der Waals surface area (Å²) in [6.45, 7) is 2.80. The van der Waals surface area contributed by atoms with Gasteiger partial charge in [0.05, 0.1) is 0 Å². The van der Waals surface area contributed by atoms with Gasteiger partial charge in [0.25, 0.3) is 0 Å². The largest absolute Gasteiger partial charge is 0.341 e. The van der Waals surface area contributed by atoms with Crippen molar-refractivity contribution in [2.24, 2.45) is 5.92 Å². The number of carbonyl (C=O) groups is 2. The molecular weight excluding hydrogens is 390 g/mol. The number of hydrazine groups is 1. The van der Waals surface area contributed by atoms with Crippen LogP contribution in [0.1, 0.15) is 42.0 Å². The average molecular weight is 420 g/mol. The predicted octanol–water partition coefficient (Wildman–Crippen LogP) is 1.81. The van der Waals surface area contributed by atoms with Crippen molar-refractivity contribution in [2.75, 3.05) is 19.6 Å². The van der Waals surface area contributed by atoms with E-state index in [1.54, 1.807) is 6.20 Å². The number of pyridine rings is 1. The van der Waals surface area contributed by atoms with Crippen LogP contribution in [0.3, 0.4) is 0 Å². The number of hydrogen-bond donors (Lipinski definition) is 2. The Bertz CT molecular complexity index is 942. The monoisotopic (exact) mass is 419 g/mol. The number of likely N-dealkylation sites (tertiary alicyclic amines) is 1. The van der Waals surface area contributed by atoms with Gasteiger partial charge in [-0.15, -0.1) is 0 Å². The van der Waals surface area contributed by atoms with Crippen LogP contribution < -0.4 is 10.9 Å². The van der Waals surface area contributed by atoms with Crippen LogP contribution in [0.15, 0.2) is 48.8 Å². The zero-order valence-corrected chi connectivity index (χ0v) is 17.7. The van der Waals surface area contributed by atoms with Gasteiger partial charge in [-0.05, 0) is 48.4 Å². The Morgan fingerprint density at radius 3 is 2.48 bits per heavy atom. The van der Waals surface area contributed by atoms with Crippen molar-refractivity contribution in [2.45, 2.75) is 44.3 Å². The highest BCUT2D eigenvalue weighted by Crippen LogP contribution is 2.27. The van der Waals surface area contributed by atoms with Gasteiger partial charge in [-0.1, -0.05) is 30.3 Å². The highest BCUT2D eigenvalue weighted by Gasteiger charge is 2.36. The Balaban J connectivity index is 1.13. The molecule has 31 heavy (non-hydrogen) atoms. The standard InChI is InChI=1S/C24H29N5O2/c30-23(29-13-7-17-4-1-2-5-20(17)16-29)18-8-11-28(12-9-18)24(31)22-14-21(26-27-22)19-6-3-10-25-15-19/h1-6,10,15,18,21-22,26-27H,7-9,11-14,16H2. The van der Waals surface area contributed by atoms with E-state index in [1.807, 2.05) is 34.2 Å². The molecule has 0 saturated carbocycles. The van der Waals surface area contributed by atoms with Crippen molar-refractivity contribution >= 4 is 11.8 Å². The fourth-order valence-corrected chi connectivity index (χ4v) is 5.03. The lowest BCUT2D eigenvalue weighted by Gasteiger charge is -2.36. The predicted molar refractivity (Wildman–Crippen MR) is 117 cm³/mol. The molecule has 2 amide bonds. The first-order chi connectivity index (χ1) is 15.2. The second-order valence-electron chi connectivity index (χ2n) is 8.79. The molecule has 2 aromatic rings. The molecule has 0 radical (unpaired) electrons. The lowest BCUT2D eigenvalue weighted by molar-refractivity contribution is -0.142. The molecule has 1 aromatic heterocycles. The molecule has 0 bridgehead atoms. The summed E-state index contributed by atoms with van der Waals surface area (Å²) < 4.78 is 0. The van der Waals surface area contributed by atoms with E-state index in [-0.39, 0.29) is 29.8 Å². The van der Waals surface area contributed by atoms with Crippen molar-refractivity contribution in [3.8, 4) is 0 Å². The van der Waals surface area contributed by atoms with E-state index in [0.29, 0.717) is 26.1 Å². The molecule has 2 unspecified atom stereocenters.